The Balaban J connectivity index is 2.67. The van der Waals surface area contributed by atoms with E-state index in [0.717, 1.165) is 5.56 Å². The number of halogens is 2. The Kier molecular flexibility index (Phi) is 5.93. The van der Waals surface area contributed by atoms with Gasteiger partial charge in [0.05, 0.1) is 10.0 Å². The predicted molar refractivity (Wildman–Crippen MR) is 75.8 cm³/mol. The number of nitrogens with two attached hydrogens (primary N) is 1. The highest BCUT2D eigenvalue weighted by molar-refractivity contribution is 6.42. The van der Waals surface area contributed by atoms with Crippen molar-refractivity contribution in [2.75, 3.05) is 13.6 Å². The molecule has 0 spiro atoms. The van der Waals surface area contributed by atoms with Crippen LogP contribution in [0.1, 0.15) is 18.9 Å². The summed E-state index contributed by atoms with van der Waals surface area (Å²) < 4.78 is 0. The number of nitrogens with zero attached hydrogens (tertiary/aromatic N) is 1. The third kappa shape index (κ3) is 4.16. The molecule has 1 aromatic rings. The molecule has 0 aliphatic carbocycles. The van der Waals surface area contributed by atoms with Gasteiger partial charge in [-0.3, -0.25) is 4.79 Å². The summed E-state index contributed by atoms with van der Waals surface area (Å²) in [6.07, 6.45) is 0.450. The third-order valence-corrected chi connectivity index (χ3v) is 3.65. The average molecular weight is 289 g/mol. The van der Waals surface area contributed by atoms with Crippen LogP contribution in [0.4, 0.5) is 0 Å². The van der Waals surface area contributed by atoms with E-state index in [4.69, 9.17) is 28.9 Å². The molecule has 0 aliphatic rings. The molecule has 0 heterocycles. The Morgan fingerprint density at radius 3 is 2.72 bits per heavy atom. The molecule has 1 unspecified atom stereocenters. The highest BCUT2D eigenvalue weighted by Gasteiger charge is 2.14. The van der Waals surface area contributed by atoms with Crippen molar-refractivity contribution in [1.82, 2.24) is 4.90 Å². The fourth-order valence-electron chi connectivity index (χ4n) is 1.55. The molecule has 0 aliphatic heterocycles. The van der Waals surface area contributed by atoms with E-state index in [0.29, 0.717) is 29.6 Å². The van der Waals surface area contributed by atoms with Gasteiger partial charge in [0, 0.05) is 20.0 Å². The number of amides is 1. The smallest absolute Gasteiger partial charge is 0.222 e. The molecule has 0 aromatic heterocycles. The molecule has 18 heavy (non-hydrogen) atoms. The van der Waals surface area contributed by atoms with Crippen molar-refractivity contribution < 1.29 is 4.79 Å². The molecular weight excluding hydrogens is 271 g/mol. The van der Waals surface area contributed by atoms with E-state index in [9.17, 15) is 4.79 Å². The first-order chi connectivity index (χ1) is 8.45. The zero-order chi connectivity index (χ0) is 13.7. The molecule has 0 saturated carbocycles. The highest BCUT2D eigenvalue weighted by atomic mass is 35.5. The van der Waals surface area contributed by atoms with E-state index < -0.39 is 0 Å². The molecule has 5 heteroatoms. The van der Waals surface area contributed by atoms with Crippen molar-refractivity contribution >= 4 is 29.1 Å². The summed E-state index contributed by atoms with van der Waals surface area (Å²) in [7, 11) is 1.75. The molecule has 0 fully saturated rings. The third-order valence-electron chi connectivity index (χ3n) is 2.79. The normalized spacial score (nSPS) is 12.3. The van der Waals surface area contributed by atoms with Crippen LogP contribution in [0.2, 0.25) is 10.0 Å². The van der Waals surface area contributed by atoms with Crippen molar-refractivity contribution in [2.45, 2.75) is 19.9 Å². The SMILES string of the molecule is CC(CN)CC(=O)N(C)Cc1cccc(Cl)c1Cl. The molecular formula is C13H18Cl2N2O. The van der Waals surface area contributed by atoms with Crippen LogP contribution in [-0.2, 0) is 11.3 Å². The first-order valence-electron chi connectivity index (χ1n) is 5.82. The van der Waals surface area contributed by atoms with E-state index in [2.05, 4.69) is 0 Å². The lowest BCUT2D eigenvalue weighted by molar-refractivity contribution is -0.131. The topological polar surface area (TPSA) is 46.3 Å². The minimum atomic E-state index is 0.0593. The fraction of sp³-hybridized carbons (Fsp3) is 0.462. The monoisotopic (exact) mass is 288 g/mol. The second-order valence-electron chi connectivity index (χ2n) is 4.51. The highest BCUT2D eigenvalue weighted by Crippen LogP contribution is 2.26. The van der Waals surface area contributed by atoms with Gasteiger partial charge in [-0.25, -0.2) is 0 Å². The maximum Gasteiger partial charge on any atom is 0.222 e. The van der Waals surface area contributed by atoms with Crippen LogP contribution in [-0.4, -0.2) is 24.4 Å². The molecule has 1 amide bonds. The summed E-state index contributed by atoms with van der Waals surface area (Å²) in [4.78, 5) is 13.5. The molecule has 2 N–H and O–H groups in total. The number of carbonyl (C=O) groups is 1. The molecule has 3 nitrogen and oxygen atoms in total. The number of benzene rings is 1. The van der Waals surface area contributed by atoms with Crippen LogP contribution in [0.25, 0.3) is 0 Å². The molecule has 0 bridgehead atoms. The summed E-state index contributed by atoms with van der Waals surface area (Å²) in [5.41, 5.74) is 6.36. The van der Waals surface area contributed by atoms with Crippen LogP contribution >= 0.6 is 23.2 Å². The number of rotatable bonds is 5. The molecule has 100 valence electrons. The Bertz CT molecular complexity index is 423. The van der Waals surface area contributed by atoms with Crippen LogP contribution in [0.5, 0.6) is 0 Å². The van der Waals surface area contributed by atoms with Gasteiger partial charge >= 0.3 is 0 Å². The first-order valence-corrected chi connectivity index (χ1v) is 6.58. The van der Waals surface area contributed by atoms with Gasteiger partial charge in [0.1, 0.15) is 0 Å². The van der Waals surface area contributed by atoms with Gasteiger partial charge in [-0.1, -0.05) is 42.3 Å². The predicted octanol–water partition coefficient (Wildman–Crippen LogP) is 2.94. The minimum absolute atomic E-state index is 0.0593. The van der Waals surface area contributed by atoms with Crippen LogP contribution in [0.3, 0.4) is 0 Å². The van der Waals surface area contributed by atoms with E-state index in [1.165, 1.54) is 0 Å². The summed E-state index contributed by atoms with van der Waals surface area (Å²) in [5.74, 6) is 0.249. The lowest BCUT2D eigenvalue weighted by atomic mass is 10.1. The summed E-state index contributed by atoms with van der Waals surface area (Å²) in [6, 6.07) is 5.42. The van der Waals surface area contributed by atoms with Gasteiger partial charge < -0.3 is 10.6 Å². The number of hydrogen-bond donors (Lipinski definition) is 1. The van der Waals surface area contributed by atoms with Gasteiger partial charge in [-0.2, -0.15) is 0 Å². The summed E-state index contributed by atoms with van der Waals surface area (Å²) >= 11 is 12.0. The summed E-state index contributed by atoms with van der Waals surface area (Å²) in [5, 5.41) is 1.01. The molecule has 1 aromatic carbocycles. The Morgan fingerprint density at radius 1 is 1.44 bits per heavy atom. The minimum Gasteiger partial charge on any atom is -0.341 e. The molecule has 0 radical (unpaired) electrons. The lowest BCUT2D eigenvalue weighted by Crippen LogP contribution is -2.29. The van der Waals surface area contributed by atoms with Crippen molar-refractivity contribution in [3.63, 3.8) is 0 Å². The Labute approximate surface area is 118 Å². The van der Waals surface area contributed by atoms with E-state index in [1.54, 1.807) is 18.0 Å². The van der Waals surface area contributed by atoms with E-state index in [1.807, 2.05) is 19.1 Å². The lowest BCUT2D eigenvalue weighted by Gasteiger charge is -2.20. The van der Waals surface area contributed by atoms with Gasteiger partial charge in [0.25, 0.3) is 0 Å². The van der Waals surface area contributed by atoms with E-state index >= 15 is 0 Å². The van der Waals surface area contributed by atoms with Crippen molar-refractivity contribution in [3.05, 3.63) is 33.8 Å². The van der Waals surface area contributed by atoms with E-state index in [-0.39, 0.29) is 11.8 Å². The fourth-order valence-corrected chi connectivity index (χ4v) is 1.93. The largest absolute Gasteiger partial charge is 0.341 e. The Morgan fingerprint density at radius 2 is 2.11 bits per heavy atom. The van der Waals surface area contributed by atoms with Crippen molar-refractivity contribution in [3.8, 4) is 0 Å². The molecule has 0 saturated heterocycles. The standard InChI is InChI=1S/C13H18Cl2N2O/c1-9(7-16)6-12(18)17(2)8-10-4-3-5-11(14)13(10)15/h3-5,9H,6-8,16H2,1-2H3. The quantitative estimate of drug-likeness (QED) is 0.906. The summed E-state index contributed by atoms with van der Waals surface area (Å²) in [6.45, 7) is 2.92. The van der Waals surface area contributed by atoms with Crippen LogP contribution < -0.4 is 5.73 Å². The first kappa shape index (κ1) is 15.3. The number of carbonyl (C=O) groups excluding carboxylic acids is 1. The van der Waals surface area contributed by atoms with Crippen molar-refractivity contribution in [1.29, 1.82) is 0 Å². The average Bonchev–Trinajstić information content (AvgIpc) is 2.34. The van der Waals surface area contributed by atoms with Gasteiger partial charge in [0.15, 0.2) is 0 Å². The molecule has 1 atom stereocenters. The second-order valence-corrected chi connectivity index (χ2v) is 5.29. The van der Waals surface area contributed by atoms with Gasteiger partial charge in [-0.05, 0) is 24.1 Å². The Hall–Kier alpha value is -0.770. The van der Waals surface area contributed by atoms with Gasteiger partial charge in [0.2, 0.25) is 5.91 Å². The number of hydrogen-bond acceptors (Lipinski definition) is 2. The maximum absolute atomic E-state index is 11.9. The van der Waals surface area contributed by atoms with Crippen molar-refractivity contribution in [2.24, 2.45) is 11.7 Å². The zero-order valence-corrected chi connectivity index (χ0v) is 12.1. The van der Waals surface area contributed by atoms with Crippen LogP contribution in [0, 0.1) is 5.92 Å². The molecule has 1 rings (SSSR count). The zero-order valence-electron chi connectivity index (χ0n) is 10.6. The van der Waals surface area contributed by atoms with Crippen LogP contribution in [0.15, 0.2) is 18.2 Å². The second kappa shape index (κ2) is 6.98. The van der Waals surface area contributed by atoms with Gasteiger partial charge in [-0.15, -0.1) is 0 Å². The maximum atomic E-state index is 11.9.